The quantitative estimate of drug-likeness (QED) is 0.529. The summed E-state index contributed by atoms with van der Waals surface area (Å²) in [5, 5.41) is 12.9. The second kappa shape index (κ2) is 9.91. The maximum absolute atomic E-state index is 12.5. The van der Waals surface area contributed by atoms with Gasteiger partial charge in [0, 0.05) is 23.4 Å². The number of anilines is 1. The van der Waals surface area contributed by atoms with Crippen LogP contribution in [0.5, 0.6) is 0 Å². The summed E-state index contributed by atoms with van der Waals surface area (Å²) in [6.45, 7) is 5.08. The summed E-state index contributed by atoms with van der Waals surface area (Å²) in [7, 11) is 1.65. The summed E-state index contributed by atoms with van der Waals surface area (Å²) < 4.78 is 7.18. The molecule has 3 aromatic rings. The molecule has 1 aromatic heterocycles. The number of nitrogens with zero attached hydrogens (tertiary/aromatic N) is 3. The Balaban J connectivity index is 1.73. The SMILES string of the molecule is COCCn1c(SCC(=O)Nc2cc(C)ccc2C)nnc1-c1ccc(Cl)cc1. The zero-order valence-corrected chi connectivity index (χ0v) is 18.2. The van der Waals surface area contributed by atoms with Gasteiger partial charge in [-0.15, -0.1) is 10.2 Å². The molecule has 0 fully saturated rings. The first-order valence-corrected chi connectivity index (χ1v) is 10.5. The van der Waals surface area contributed by atoms with Crippen molar-refractivity contribution in [2.45, 2.75) is 25.5 Å². The van der Waals surface area contributed by atoms with Crippen molar-refractivity contribution in [1.29, 1.82) is 0 Å². The van der Waals surface area contributed by atoms with E-state index < -0.39 is 0 Å². The molecule has 8 heteroatoms. The van der Waals surface area contributed by atoms with Gasteiger partial charge in [-0.05, 0) is 55.3 Å². The normalized spacial score (nSPS) is 10.9. The summed E-state index contributed by atoms with van der Waals surface area (Å²) in [5.41, 5.74) is 3.87. The summed E-state index contributed by atoms with van der Waals surface area (Å²) in [6, 6.07) is 13.4. The fourth-order valence-electron chi connectivity index (χ4n) is 2.78. The number of carbonyl (C=O) groups excluding carboxylic acids is 1. The van der Waals surface area contributed by atoms with Crippen molar-refractivity contribution in [2.24, 2.45) is 0 Å². The second-order valence-corrected chi connectivity index (χ2v) is 7.99. The summed E-state index contributed by atoms with van der Waals surface area (Å²) >= 11 is 7.34. The van der Waals surface area contributed by atoms with Gasteiger partial charge in [-0.1, -0.05) is 35.5 Å². The van der Waals surface area contributed by atoms with Gasteiger partial charge in [0.15, 0.2) is 11.0 Å². The molecule has 0 spiro atoms. The van der Waals surface area contributed by atoms with Crippen LogP contribution >= 0.6 is 23.4 Å². The Morgan fingerprint density at radius 3 is 2.66 bits per heavy atom. The van der Waals surface area contributed by atoms with Crippen molar-refractivity contribution in [3.63, 3.8) is 0 Å². The molecule has 0 bridgehead atoms. The zero-order chi connectivity index (χ0) is 20.8. The lowest BCUT2D eigenvalue weighted by Gasteiger charge is -2.11. The molecular weight excluding hydrogens is 408 g/mol. The van der Waals surface area contributed by atoms with Gasteiger partial charge in [-0.3, -0.25) is 9.36 Å². The lowest BCUT2D eigenvalue weighted by Crippen LogP contribution is -2.16. The highest BCUT2D eigenvalue weighted by Gasteiger charge is 2.16. The zero-order valence-electron chi connectivity index (χ0n) is 16.6. The number of amides is 1. The van der Waals surface area contributed by atoms with Gasteiger partial charge in [0.2, 0.25) is 5.91 Å². The summed E-state index contributed by atoms with van der Waals surface area (Å²) in [6.07, 6.45) is 0. The number of thioether (sulfide) groups is 1. The first-order chi connectivity index (χ1) is 14.0. The van der Waals surface area contributed by atoms with E-state index in [2.05, 4.69) is 15.5 Å². The van der Waals surface area contributed by atoms with Crippen LogP contribution in [0.15, 0.2) is 47.6 Å². The minimum atomic E-state index is -0.0852. The molecule has 0 unspecified atom stereocenters. The number of rotatable bonds is 8. The Hall–Kier alpha value is -2.35. The number of ether oxygens (including phenoxy) is 1. The lowest BCUT2D eigenvalue weighted by molar-refractivity contribution is -0.113. The molecule has 0 atom stereocenters. The van der Waals surface area contributed by atoms with Crippen molar-refractivity contribution >= 4 is 35.0 Å². The van der Waals surface area contributed by atoms with Crippen LogP contribution in [0.25, 0.3) is 11.4 Å². The van der Waals surface area contributed by atoms with Crippen LogP contribution in [0, 0.1) is 13.8 Å². The highest BCUT2D eigenvalue weighted by atomic mass is 35.5. The van der Waals surface area contributed by atoms with Crippen molar-refractivity contribution in [2.75, 3.05) is 24.8 Å². The fourth-order valence-corrected chi connectivity index (χ4v) is 3.67. The smallest absolute Gasteiger partial charge is 0.234 e. The first-order valence-electron chi connectivity index (χ1n) is 9.16. The van der Waals surface area contributed by atoms with Gasteiger partial charge in [0.25, 0.3) is 0 Å². The van der Waals surface area contributed by atoms with Crippen LogP contribution in [0.3, 0.4) is 0 Å². The third-order valence-electron chi connectivity index (χ3n) is 4.34. The number of carbonyl (C=O) groups is 1. The molecule has 0 saturated heterocycles. The number of hydrogen-bond donors (Lipinski definition) is 1. The maximum Gasteiger partial charge on any atom is 0.234 e. The average molecular weight is 431 g/mol. The fraction of sp³-hybridized carbons (Fsp3) is 0.286. The van der Waals surface area contributed by atoms with E-state index in [1.807, 2.05) is 60.9 Å². The Kier molecular flexibility index (Phi) is 7.30. The van der Waals surface area contributed by atoms with E-state index in [-0.39, 0.29) is 11.7 Å². The highest BCUT2D eigenvalue weighted by molar-refractivity contribution is 7.99. The number of halogens is 1. The predicted molar refractivity (Wildman–Crippen MR) is 118 cm³/mol. The predicted octanol–water partition coefficient (Wildman–Crippen LogP) is 4.59. The van der Waals surface area contributed by atoms with E-state index in [1.165, 1.54) is 11.8 Å². The molecule has 1 heterocycles. The third-order valence-corrected chi connectivity index (χ3v) is 5.56. The molecule has 2 aromatic carbocycles. The molecule has 0 radical (unpaired) electrons. The Bertz CT molecular complexity index is 989. The van der Waals surface area contributed by atoms with Crippen molar-refractivity contribution < 1.29 is 9.53 Å². The van der Waals surface area contributed by atoms with Crippen LogP contribution in [0.4, 0.5) is 5.69 Å². The van der Waals surface area contributed by atoms with Crippen molar-refractivity contribution in [3.05, 3.63) is 58.6 Å². The topological polar surface area (TPSA) is 69.0 Å². The molecule has 0 aliphatic carbocycles. The molecule has 152 valence electrons. The van der Waals surface area contributed by atoms with E-state index in [0.717, 1.165) is 28.2 Å². The molecular formula is C21H23ClN4O2S. The standard InChI is InChI=1S/C21H23ClN4O2S/c1-14-4-5-15(2)18(12-14)23-19(27)13-29-21-25-24-20(26(21)10-11-28-3)16-6-8-17(22)9-7-16/h4-9,12H,10-11,13H2,1-3H3,(H,23,27). The van der Waals surface area contributed by atoms with Crippen LogP contribution in [0.2, 0.25) is 5.02 Å². The number of benzene rings is 2. The van der Waals surface area contributed by atoms with Crippen LogP contribution < -0.4 is 5.32 Å². The molecule has 29 heavy (non-hydrogen) atoms. The second-order valence-electron chi connectivity index (χ2n) is 6.61. The van der Waals surface area contributed by atoms with Gasteiger partial charge >= 0.3 is 0 Å². The molecule has 0 aliphatic rings. The monoisotopic (exact) mass is 430 g/mol. The number of aryl methyl sites for hydroxylation is 2. The van der Waals surface area contributed by atoms with E-state index >= 15 is 0 Å². The molecule has 3 rings (SSSR count). The van der Waals surface area contributed by atoms with Crippen molar-refractivity contribution in [3.8, 4) is 11.4 Å². The van der Waals surface area contributed by atoms with Gasteiger partial charge in [-0.2, -0.15) is 0 Å². The van der Waals surface area contributed by atoms with E-state index in [9.17, 15) is 4.79 Å². The van der Waals surface area contributed by atoms with Crippen LogP contribution in [-0.2, 0) is 16.1 Å². The Labute approximate surface area is 179 Å². The molecule has 1 N–H and O–H groups in total. The van der Waals surface area contributed by atoms with E-state index in [1.54, 1.807) is 7.11 Å². The molecule has 6 nitrogen and oxygen atoms in total. The number of nitrogens with one attached hydrogen (secondary N) is 1. The molecule has 0 saturated carbocycles. The van der Waals surface area contributed by atoms with Gasteiger partial charge in [-0.25, -0.2) is 0 Å². The maximum atomic E-state index is 12.5. The third kappa shape index (κ3) is 5.59. The first kappa shape index (κ1) is 21.4. The Morgan fingerprint density at radius 1 is 1.17 bits per heavy atom. The largest absolute Gasteiger partial charge is 0.383 e. The molecule has 1 amide bonds. The van der Waals surface area contributed by atoms with Gasteiger partial charge in [0.1, 0.15) is 0 Å². The minimum absolute atomic E-state index is 0.0852. The summed E-state index contributed by atoms with van der Waals surface area (Å²) in [4.78, 5) is 12.5. The Morgan fingerprint density at radius 2 is 1.93 bits per heavy atom. The van der Waals surface area contributed by atoms with Crippen LogP contribution in [-0.4, -0.2) is 40.1 Å². The minimum Gasteiger partial charge on any atom is -0.383 e. The number of hydrogen-bond acceptors (Lipinski definition) is 5. The van der Waals surface area contributed by atoms with E-state index in [4.69, 9.17) is 16.3 Å². The van der Waals surface area contributed by atoms with Crippen LogP contribution in [0.1, 0.15) is 11.1 Å². The summed E-state index contributed by atoms with van der Waals surface area (Å²) in [5.74, 6) is 0.869. The highest BCUT2D eigenvalue weighted by Crippen LogP contribution is 2.25. The van der Waals surface area contributed by atoms with E-state index in [0.29, 0.717) is 23.3 Å². The van der Waals surface area contributed by atoms with Crippen molar-refractivity contribution in [1.82, 2.24) is 14.8 Å². The van der Waals surface area contributed by atoms with Gasteiger partial charge in [0.05, 0.1) is 18.9 Å². The lowest BCUT2D eigenvalue weighted by atomic mass is 10.1. The average Bonchev–Trinajstić information content (AvgIpc) is 3.11. The number of aromatic nitrogens is 3. The van der Waals surface area contributed by atoms with Gasteiger partial charge < -0.3 is 10.1 Å². The number of methoxy groups -OCH3 is 1. The molecule has 0 aliphatic heterocycles.